The molecule has 2 fully saturated rings. The normalized spacial score (nSPS) is 20.8. The fourth-order valence-electron chi connectivity index (χ4n) is 3.70. The third-order valence-corrected chi connectivity index (χ3v) is 5.18. The summed E-state index contributed by atoms with van der Waals surface area (Å²) in [5.41, 5.74) is -0.0687. The van der Waals surface area contributed by atoms with E-state index in [1.165, 1.54) is 6.33 Å². The number of hydrogen-bond donors (Lipinski definition) is 1. The second-order valence-corrected chi connectivity index (χ2v) is 6.63. The van der Waals surface area contributed by atoms with Crippen molar-refractivity contribution in [2.45, 2.75) is 31.8 Å². The van der Waals surface area contributed by atoms with Gasteiger partial charge < -0.3 is 23.8 Å². The molecule has 4 rings (SSSR count). The number of fused-ring (bicyclic) bond motifs is 1. The highest BCUT2D eigenvalue weighted by Gasteiger charge is 2.37. The number of H-pyrrole nitrogens is 1. The highest BCUT2D eigenvalue weighted by atomic mass is 16.5. The van der Waals surface area contributed by atoms with Crippen LogP contribution in [0.25, 0.3) is 11.1 Å². The van der Waals surface area contributed by atoms with Crippen LogP contribution in [-0.2, 0) is 9.47 Å². The van der Waals surface area contributed by atoms with Crippen LogP contribution in [-0.4, -0.2) is 59.3 Å². The molecule has 2 aromatic heterocycles. The number of furan rings is 1. The molecule has 2 aliphatic rings. The molecule has 0 atom stereocenters. The van der Waals surface area contributed by atoms with Crippen molar-refractivity contribution >= 4 is 17.0 Å². The van der Waals surface area contributed by atoms with Crippen LogP contribution in [0.4, 0.5) is 0 Å². The number of rotatable bonds is 1. The lowest BCUT2D eigenvalue weighted by molar-refractivity contribution is -0.105. The maximum Gasteiger partial charge on any atom is 0.262 e. The number of aryl methyl sites for hydroxylation is 1. The van der Waals surface area contributed by atoms with E-state index in [-0.39, 0.29) is 28.2 Å². The summed E-state index contributed by atoms with van der Waals surface area (Å²) in [5, 5.41) is 0.218. The zero-order valence-electron chi connectivity index (χ0n) is 14.2. The quantitative estimate of drug-likeness (QED) is 0.833. The molecular formula is C17H21N3O5. The summed E-state index contributed by atoms with van der Waals surface area (Å²) in [4.78, 5) is 33.5. The summed E-state index contributed by atoms with van der Waals surface area (Å²) in [6.45, 7) is 4.63. The molecule has 25 heavy (non-hydrogen) atoms. The Balaban J connectivity index is 1.61. The summed E-state index contributed by atoms with van der Waals surface area (Å²) >= 11 is 0. The van der Waals surface area contributed by atoms with Gasteiger partial charge in [-0.1, -0.05) is 0 Å². The standard InChI is InChI=1S/C17H21N3O5/c1-11-12(13-14(21)18-10-19-15(13)25-11)16(22)20-5-2-17(24-9-6-20)3-7-23-8-4-17/h10H,2-9H2,1H3,(H,18,19,21). The second kappa shape index (κ2) is 6.27. The average molecular weight is 347 g/mol. The zero-order valence-corrected chi connectivity index (χ0v) is 14.2. The molecule has 0 aromatic carbocycles. The Morgan fingerprint density at radius 3 is 2.84 bits per heavy atom. The van der Waals surface area contributed by atoms with Crippen LogP contribution >= 0.6 is 0 Å². The Morgan fingerprint density at radius 2 is 2.04 bits per heavy atom. The van der Waals surface area contributed by atoms with Gasteiger partial charge in [-0.15, -0.1) is 0 Å². The van der Waals surface area contributed by atoms with Crippen LogP contribution in [0.15, 0.2) is 15.5 Å². The fraction of sp³-hybridized carbons (Fsp3) is 0.588. The van der Waals surface area contributed by atoms with Gasteiger partial charge in [-0.25, -0.2) is 4.98 Å². The van der Waals surface area contributed by atoms with Crippen molar-refractivity contribution in [3.63, 3.8) is 0 Å². The van der Waals surface area contributed by atoms with Gasteiger partial charge in [0.1, 0.15) is 11.1 Å². The minimum absolute atomic E-state index is 0.191. The number of aromatic amines is 1. The number of carbonyl (C=O) groups excluding carboxylic acids is 1. The Morgan fingerprint density at radius 1 is 1.24 bits per heavy atom. The lowest BCUT2D eigenvalue weighted by atomic mass is 9.90. The molecule has 2 aliphatic heterocycles. The Labute approximate surface area is 144 Å². The predicted molar refractivity (Wildman–Crippen MR) is 88.6 cm³/mol. The molecule has 1 N–H and O–H groups in total. The molecule has 2 aromatic rings. The van der Waals surface area contributed by atoms with Gasteiger partial charge in [-0.2, -0.15) is 0 Å². The molecule has 0 bridgehead atoms. The van der Waals surface area contributed by atoms with Crippen molar-refractivity contribution in [2.24, 2.45) is 0 Å². The van der Waals surface area contributed by atoms with Crippen LogP contribution in [0.3, 0.4) is 0 Å². The molecule has 8 heteroatoms. The zero-order chi connectivity index (χ0) is 17.4. The first-order chi connectivity index (χ1) is 12.1. The molecule has 8 nitrogen and oxygen atoms in total. The van der Waals surface area contributed by atoms with Crippen molar-refractivity contribution < 1.29 is 18.7 Å². The van der Waals surface area contributed by atoms with E-state index in [0.717, 1.165) is 19.3 Å². The number of aromatic nitrogens is 2. The first-order valence-corrected chi connectivity index (χ1v) is 8.57. The number of ether oxygens (including phenoxy) is 2. The summed E-state index contributed by atoms with van der Waals surface area (Å²) in [7, 11) is 0. The van der Waals surface area contributed by atoms with Crippen molar-refractivity contribution in [1.82, 2.24) is 14.9 Å². The van der Waals surface area contributed by atoms with Crippen molar-refractivity contribution in [3.8, 4) is 0 Å². The number of carbonyl (C=O) groups is 1. The maximum absolute atomic E-state index is 13.1. The molecular weight excluding hydrogens is 326 g/mol. The van der Waals surface area contributed by atoms with E-state index in [1.54, 1.807) is 11.8 Å². The highest BCUT2D eigenvalue weighted by Crippen LogP contribution is 2.31. The topological polar surface area (TPSA) is 97.7 Å². The Hall–Kier alpha value is -2.19. The first-order valence-electron chi connectivity index (χ1n) is 8.57. The summed E-state index contributed by atoms with van der Waals surface area (Å²) < 4.78 is 17.0. The van der Waals surface area contributed by atoms with Gasteiger partial charge in [0.25, 0.3) is 11.5 Å². The lowest BCUT2D eigenvalue weighted by Gasteiger charge is -2.35. The average Bonchev–Trinajstić information content (AvgIpc) is 2.82. The number of nitrogens with zero attached hydrogens (tertiary/aromatic N) is 2. The van der Waals surface area contributed by atoms with Crippen molar-refractivity contribution in [2.75, 3.05) is 32.9 Å². The van der Waals surface area contributed by atoms with Gasteiger partial charge >= 0.3 is 0 Å². The van der Waals surface area contributed by atoms with Gasteiger partial charge in [-0.05, 0) is 26.2 Å². The van der Waals surface area contributed by atoms with Gasteiger partial charge in [0, 0.05) is 26.3 Å². The summed E-state index contributed by atoms with van der Waals surface area (Å²) in [5.74, 6) is 0.206. The van der Waals surface area contributed by atoms with Crippen LogP contribution in [0.5, 0.6) is 0 Å². The third-order valence-electron chi connectivity index (χ3n) is 5.18. The van der Waals surface area contributed by atoms with E-state index in [4.69, 9.17) is 13.9 Å². The lowest BCUT2D eigenvalue weighted by Crippen LogP contribution is -2.40. The molecule has 0 saturated carbocycles. The maximum atomic E-state index is 13.1. The van der Waals surface area contributed by atoms with E-state index < -0.39 is 0 Å². The minimum atomic E-state index is -0.364. The van der Waals surface area contributed by atoms with Gasteiger partial charge in [-0.3, -0.25) is 9.59 Å². The molecule has 134 valence electrons. The summed E-state index contributed by atoms with van der Waals surface area (Å²) in [6, 6.07) is 0. The number of nitrogens with one attached hydrogen (secondary N) is 1. The monoisotopic (exact) mass is 347 g/mol. The van der Waals surface area contributed by atoms with E-state index >= 15 is 0 Å². The van der Waals surface area contributed by atoms with Crippen molar-refractivity contribution in [3.05, 3.63) is 28.0 Å². The summed E-state index contributed by atoms with van der Waals surface area (Å²) in [6.07, 6.45) is 3.75. The van der Waals surface area contributed by atoms with Gasteiger partial charge in [0.2, 0.25) is 5.71 Å². The smallest absolute Gasteiger partial charge is 0.262 e. The highest BCUT2D eigenvalue weighted by molar-refractivity contribution is 6.06. The molecule has 0 unspecified atom stereocenters. The fourth-order valence-corrected chi connectivity index (χ4v) is 3.70. The first kappa shape index (κ1) is 16.3. The van der Waals surface area contributed by atoms with E-state index in [1.807, 2.05) is 0 Å². The molecule has 0 radical (unpaired) electrons. The van der Waals surface area contributed by atoms with E-state index in [9.17, 15) is 9.59 Å². The number of hydrogen-bond acceptors (Lipinski definition) is 6. The van der Waals surface area contributed by atoms with Crippen LogP contribution in [0.2, 0.25) is 0 Å². The molecule has 0 aliphatic carbocycles. The molecule has 4 heterocycles. The van der Waals surface area contributed by atoms with Crippen molar-refractivity contribution in [1.29, 1.82) is 0 Å². The van der Waals surface area contributed by atoms with Gasteiger partial charge in [0.15, 0.2) is 0 Å². The molecule has 1 amide bonds. The van der Waals surface area contributed by atoms with Gasteiger partial charge in [0.05, 0.1) is 24.1 Å². The molecule has 2 saturated heterocycles. The van der Waals surface area contributed by atoms with Crippen LogP contribution in [0.1, 0.15) is 35.4 Å². The second-order valence-electron chi connectivity index (χ2n) is 6.63. The largest absolute Gasteiger partial charge is 0.442 e. The molecule has 1 spiro atoms. The van der Waals surface area contributed by atoms with E-state index in [2.05, 4.69) is 9.97 Å². The minimum Gasteiger partial charge on any atom is -0.442 e. The Bertz CT molecular complexity index is 850. The van der Waals surface area contributed by atoms with E-state index in [0.29, 0.717) is 44.2 Å². The Kier molecular flexibility index (Phi) is 4.09. The van der Waals surface area contributed by atoms with Crippen LogP contribution in [0, 0.1) is 6.92 Å². The van der Waals surface area contributed by atoms with Crippen LogP contribution < -0.4 is 5.56 Å². The SMILES string of the molecule is Cc1oc2nc[nH]c(=O)c2c1C(=O)N1CCOC2(CCOCC2)CC1. The third kappa shape index (κ3) is 2.85. The predicted octanol–water partition coefficient (Wildman–Crippen LogP) is 1.24. The number of amides is 1.